The number of hydrogen-bond acceptors (Lipinski definition) is 5. The summed E-state index contributed by atoms with van der Waals surface area (Å²) in [7, 11) is 3.20. The highest BCUT2D eigenvalue weighted by molar-refractivity contribution is 7.99. The normalized spacial score (nSPS) is 11.4. The fraction of sp³-hybridized carbons (Fsp3) is 0.238. The standard InChI is InChI=1S/C21H20N2O3S2/c1-5-13-23-18-16(25-3)11-12-17(26-4)19(18)28-21(23)22-20(24)14-7-9-15(10-8-14)27-6-2/h1,7-12H,6,13H2,2-4H3. The molecule has 1 amide bonds. The predicted molar refractivity (Wildman–Crippen MR) is 114 cm³/mol. The molecule has 144 valence electrons. The Balaban J connectivity index is 2.14. The van der Waals surface area contributed by atoms with Gasteiger partial charge in [-0.1, -0.05) is 24.2 Å². The van der Waals surface area contributed by atoms with E-state index in [-0.39, 0.29) is 12.5 Å². The quantitative estimate of drug-likeness (QED) is 0.450. The Bertz CT molecular complexity index is 1110. The molecule has 0 spiro atoms. The van der Waals surface area contributed by atoms with Gasteiger partial charge in [0.1, 0.15) is 21.7 Å². The van der Waals surface area contributed by atoms with Crippen LogP contribution in [-0.4, -0.2) is 30.4 Å². The van der Waals surface area contributed by atoms with Gasteiger partial charge in [0.2, 0.25) is 0 Å². The second-order valence-corrected chi connectivity index (χ2v) is 8.01. The Kier molecular flexibility index (Phi) is 6.45. The molecule has 2 aromatic carbocycles. The molecule has 1 heterocycles. The van der Waals surface area contributed by atoms with E-state index in [0.29, 0.717) is 21.9 Å². The summed E-state index contributed by atoms with van der Waals surface area (Å²) in [5.74, 6) is 4.62. The molecule has 0 aliphatic carbocycles. The molecule has 0 aliphatic rings. The summed E-state index contributed by atoms with van der Waals surface area (Å²) in [5, 5.41) is 0. The Morgan fingerprint density at radius 2 is 1.86 bits per heavy atom. The fourth-order valence-electron chi connectivity index (χ4n) is 2.79. The zero-order valence-corrected chi connectivity index (χ0v) is 17.5. The lowest BCUT2D eigenvalue weighted by molar-refractivity contribution is 0.0998. The summed E-state index contributed by atoms with van der Waals surface area (Å²) in [6, 6.07) is 11.1. The van der Waals surface area contributed by atoms with E-state index >= 15 is 0 Å². The number of terminal acetylenes is 1. The summed E-state index contributed by atoms with van der Waals surface area (Å²) in [4.78, 5) is 18.7. The van der Waals surface area contributed by atoms with Crippen molar-refractivity contribution in [2.75, 3.05) is 20.0 Å². The minimum Gasteiger partial charge on any atom is -0.495 e. The van der Waals surface area contributed by atoms with E-state index in [1.807, 2.05) is 24.3 Å². The lowest BCUT2D eigenvalue weighted by Crippen LogP contribution is -2.16. The van der Waals surface area contributed by atoms with Crippen LogP contribution >= 0.6 is 23.1 Å². The van der Waals surface area contributed by atoms with Gasteiger partial charge in [-0.05, 0) is 42.2 Å². The average molecular weight is 413 g/mol. The molecule has 0 saturated heterocycles. The predicted octanol–water partition coefficient (Wildman–Crippen LogP) is 4.21. The molecule has 0 N–H and O–H groups in total. The molecule has 0 fully saturated rings. The average Bonchev–Trinajstić information content (AvgIpc) is 3.06. The van der Waals surface area contributed by atoms with Crippen molar-refractivity contribution >= 4 is 39.2 Å². The van der Waals surface area contributed by atoms with E-state index in [0.717, 1.165) is 20.9 Å². The first-order valence-electron chi connectivity index (χ1n) is 8.62. The van der Waals surface area contributed by atoms with Gasteiger partial charge in [-0.3, -0.25) is 4.79 Å². The van der Waals surface area contributed by atoms with Gasteiger partial charge in [-0.25, -0.2) is 0 Å². The minimum atomic E-state index is -0.316. The highest BCUT2D eigenvalue weighted by Gasteiger charge is 2.16. The minimum absolute atomic E-state index is 0.266. The van der Waals surface area contributed by atoms with Crippen LogP contribution in [0.5, 0.6) is 11.5 Å². The molecular weight excluding hydrogens is 392 g/mol. The Hall–Kier alpha value is -2.69. The van der Waals surface area contributed by atoms with E-state index in [1.54, 1.807) is 42.7 Å². The molecule has 0 bridgehead atoms. The first-order chi connectivity index (χ1) is 13.6. The third kappa shape index (κ3) is 3.93. The molecular formula is C21H20N2O3S2. The van der Waals surface area contributed by atoms with Crippen LogP contribution in [0.15, 0.2) is 46.3 Å². The van der Waals surface area contributed by atoms with Gasteiger partial charge in [-0.2, -0.15) is 4.99 Å². The maximum Gasteiger partial charge on any atom is 0.279 e. The van der Waals surface area contributed by atoms with E-state index in [9.17, 15) is 4.79 Å². The number of thioether (sulfide) groups is 1. The molecule has 5 nitrogen and oxygen atoms in total. The van der Waals surface area contributed by atoms with Gasteiger partial charge in [0, 0.05) is 10.5 Å². The molecule has 3 aromatic rings. The van der Waals surface area contributed by atoms with Crippen LogP contribution < -0.4 is 14.3 Å². The molecule has 0 saturated carbocycles. The van der Waals surface area contributed by atoms with Gasteiger partial charge >= 0.3 is 0 Å². The SMILES string of the molecule is C#CCn1c(=NC(=O)c2ccc(SCC)cc2)sc2c(OC)ccc(OC)c21. The number of methoxy groups -OCH3 is 2. The van der Waals surface area contributed by atoms with Crippen LogP contribution in [0.1, 0.15) is 17.3 Å². The van der Waals surface area contributed by atoms with Crippen molar-refractivity contribution in [2.45, 2.75) is 18.4 Å². The lowest BCUT2D eigenvalue weighted by Gasteiger charge is -2.08. The summed E-state index contributed by atoms with van der Waals surface area (Å²) >= 11 is 3.08. The van der Waals surface area contributed by atoms with Crippen molar-refractivity contribution in [1.29, 1.82) is 0 Å². The number of carbonyl (C=O) groups excluding carboxylic acids is 1. The number of carbonyl (C=O) groups is 1. The van der Waals surface area contributed by atoms with E-state index < -0.39 is 0 Å². The zero-order valence-electron chi connectivity index (χ0n) is 15.9. The van der Waals surface area contributed by atoms with E-state index in [4.69, 9.17) is 15.9 Å². The number of thiazole rings is 1. The van der Waals surface area contributed by atoms with Crippen LogP contribution in [-0.2, 0) is 6.54 Å². The highest BCUT2D eigenvalue weighted by Crippen LogP contribution is 2.35. The first kappa shape index (κ1) is 20.1. The Morgan fingerprint density at radius 3 is 2.46 bits per heavy atom. The molecule has 7 heteroatoms. The topological polar surface area (TPSA) is 52.8 Å². The Morgan fingerprint density at radius 1 is 1.18 bits per heavy atom. The third-order valence-electron chi connectivity index (χ3n) is 4.05. The van der Waals surface area contributed by atoms with Gasteiger partial charge in [-0.15, -0.1) is 18.2 Å². The largest absolute Gasteiger partial charge is 0.495 e. The maximum atomic E-state index is 12.7. The monoisotopic (exact) mass is 412 g/mol. The smallest absolute Gasteiger partial charge is 0.279 e. The Labute approximate surface area is 172 Å². The first-order valence-corrected chi connectivity index (χ1v) is 10.4. The fourth-order valence-corrected chi connectivity index (χ4v) is 4.59. The van der Waals surface area contributed by atoms with E-state index in [1.165, 1.54) is 11.3 Å². The molecule has 1 aromatic heterocycles. The van der Waals surface area contributed by atoms with Crippen molar-refractivity contribution in [3.05, 3.63) is 46.8 Å². The van der Waals surface area contributed by atoms with Gasteiger partial charge in [0.15, 0.2) is 4.80 Å². The van der Waals surface area contributed by atoms with Crippen LogP contribution in [0, 0.1) is 12.3 Å². The second kappa shape index (κ2) is 9.00. The number of rotatable bonds is 6. The second-order valence-electron chi connectivity index (χ2n) is 5.70. The number of fused-ring (bicyclic) bond motifs is 1. The summed E-state index contributed by atoms with van der Waals surface area (Å²) in [6.45, 7) is 2.36. The molecule has 0 atom stereocenters. The van der Waals surface area contributed by atoms with Crippen molar-refractivity contribution in [3.8, 4) is 23.8 Å². The van der Waals surface area contributed by atoms with Crippen molar-refractivity contribution in [1.82, 2.24) is 4.57 Å². The number of amides is 1. The number of hydrogen-bond donors (Lipinski definition) is 0. The molecule has 0 unspecified atom stereocenters. The van der Waals surface area contributed by atoms with Crippen LogP contribution in [0.25, 0.3) is 10.2 Å². The van der Waals surface area contributed by atoms with Crippen LogP contribution in [0.2, 0.25) is 0 Å². The van der Waals surface area contributed by atoms with E-state index in [2.05, 4.69) is 17.8 Å². The van der Waals surface area contributed by atoms with Gasteiger partial charge in [0.25, 0.3) is 5.91 Å². The summed E-state index contributed by atoms with van der Waals surface area (Å²) < 4.78 is 13.6. The van der Waals surface area contributed by atoms with Crippen molar-refractivity contribution in [3.63, 3.8) is 0 Å². The summed E-state index contributed by atoms with van der Waals surface area (Å²) in [6.07, 6.45) is 5.56. The van der Waals surface area contributed by atoms with Crippen LogP contribution in [0.3, 0.4) is 0 Å². The van der Waals surface area contributed by atoms with Crippen LogP contribution in [0.4, 0.5) is 0 Å². The number of nitrogens with zero attached hydrogens (tertiary/aromatic N) is 2. The molecule has 0 aliphatic heterocycles. The summed E-state index contributed by atoms with van der Waals surface area (Å²) in [5.41, 5.74) is 1.30. The molecule has 0 radical (unpaired) electrons. The highest BCUT2D eigenvalue weighted by atomic mass is 32.2. The van der Waals surface area contributed by atoms with Crippen molar-refractivity contribution in [2.24, 2.45) is 4.99 Å². The maximum absolute atomic E-state index is 12.7. The molecule has 3 rings (SSSR count). The third-order valence-corrected chi connectivity index (χ3v) is 6.04. The zero-order chi connectivity index (χ0) is 20.1. The van der Waals surface area contributed by atoms with Gasteiger partial charge < -0.3 is 14.0 Å². The van der Waals surface area contributed by atoms with Crippen molar-refractivity contribution < 1.29 is 14.3 Å². The number of benzene rings is 2. The van der Waals surface area contributed by atoms with Gasteiger partial charge in [0.05, 0.1) is 20.8 Å². The number of ether oxygens (including phenoxy) is 2. The number of aromatic nitrogens is 1. The lowest BCUT2D eigenvalue weighted by atomic mass is 10.2. The molecule has 28 heavy (non-hydrogen) atoms.